The maximum absolute atomic E-state index is 14.5. The van der Waals surface area contributed by atoms with Crippen LogP contribution in [0.3, 0.4) is 0 Å². The zero-order valence-corrected chi connectivity index (χ0v) is 12.8. The summed E-state index contributed by atoms with van der Waals surface area (Å²) in [5.41, 5.74) is 9.32. The Hall–Kier alpha value is -2.71. The van der Waals surface area contributed by atoms with Crippen molar-refractivity contribution in [3.05, 3.63) is 29.3 Å². The van der Waals surface area contributed by atoms with Crippen LogP contribution in [-0.2, 0) is 0 Å². The van der Waals surface area contributed by atoms with Crippen molar-refractivity contribution in [1.82, 2.24) is 0 Å². The van der Waals surface area contributed by atoms with Crippen LogP contribution in [0.1, 0.15) is 42.5 Å². The maximum Gasteiger partial charge on any atom is 0.340 e. The summed E-state index contributed by atoms with van der Waals surface area (Å²) in [6.45, 7) is 0. The molecule has 0 atom stereocenters. The van der Waals surface area contributed by atoms with Crippen LogP contribution in [0.2, 0.25) is 0 Å². The van der Waals surface area contributed by atoms with Gasteiger partial charge in [0.15, 0.2) is 0 Å². The Morgan fingerprint density at radius 1 is 1.17 bits per heavy atom. The predicted molar refractivity (Wildman–Crippen MR) is 84.9 cm³/mol. The van der Waals surface area contributed by atoms with Crippen molar-refractivity contribution in [2.75, 3.05) is 4.90 Å². The molecule has 1 aliphatic carbocycles. The Morgan fingerprint density at radius 3 is 2.42 bits per heavy atom. The van der Waals surface area contributed by atoms with E-state index >= 15 is 0 Å². The van der Waals surface area contributed by atoms with E-state index in [0.29, 0.717) is 12.8 Å². The lowest BCUT2D eigenvalue weighted by Gasteiger charge is -2.45. The van der Waals surface area contributed by atoms with Crippen LogP contribution in [0, 0.1) is 11.6 Å². The molecule has 7 nitrogen and oxygen atoms in total. The fraction of sp³-hybridized carbons (Fsp3) is 0.400. The molecule has 2 aliphatic rings. The van der Waals surface area contributed by atoms with Gasteiger partial charge in [0, 0.05) is 0 Å². The number of rotatable bonds is 2. The van der Waals surface area contributed by atoms with Crippen molar-refractivity contribution in [3.8, 4) is 0 Å². The van der Waals surface area contributed by atoms with E-state index in [2.05, 4.69) is 9.98 Å². The zero-order chi connectivity index (χ0) is 17.5. The Kier molecular flexibility index (Phi) is 3.86. The number of benzene rings is 1. The normalized spacial score (nSPS) is 19.8. The number of aliphatic imine (C=N–C) groups is 2. The second-order valence-electron chi connectivity index (χ2n) is 5.88. The van der Waals surface area contributed by atoms with Gasteiger partial charge < -0.3 is 16.6 Å². The zero-order valence-electron chi connectivity index (χ0n) is 12.8. The molecule has 0 saturated heterocycles. The summed E-state index contributed by atoms with van der Waals surface area (Å²) in [6, 6.07) is 1.63. The Labute approximate surface area is 136 Å². The molecule has 0 amide bonds. The van der Waals surface area contributed by atoms with Gasteiger partial charge in [0.2, 0.25) is 11.9 Å². The molecular formula is C15H17F2N5O2. The molecule has 128 valence electrons. The average Bonchev–Trinajstić information content (AvgIpc) is 2.50. The molecule has 9 heteroatoms. The third kappa shape index (κ3) is 2.45. The van der Waals surface area contributed by atoms with Crippen molar-refractivity contribution in [3.63, 3.8) is 0 Å². The number of aromatic carboxylic acids is 1. The number of nitrogens with zero attached hydrogens (tertiary/aromatic N) is 3. The van der Waals surface area contributed by atoms with Gasteiger partial charge in [-0.15, -0.1) is 0 Å². The molecule has 24 heavy (non-hydrogen) atoms. The number of hydrogen-bond acceptors (Lipinski definition) is 6. The maximum atomic E-state index is 14.5. The largest absolute Gasteiger partial charge is 0.478 e. The van der Waals surface area contributed by atoms with E-state index in [1.54, 1.807) is 0 Å². The lowest BCUT2D eigenvalue weighted by molar-refractivity contribution is 0.0692. The van der Waals surface area contributed by atoms with Crippen LogP contribution >= 0.6 is 0 Å². The summed E-state index contributed by atoms with van der Waals surface area (Å²) < 4.78 is 28.6. The topological polar surface area (TPSA) is 117 Å². The third-order valence-corrected chi connectivity index (χ3v) is 4.37. The number of carboxylic acids is 1. The van der Waals surface area contributed by atoms with Crippen LogP contribution in [0.5, 0.6) is 0 Å². The van der Waals surface area contributed by atoms with E-state index in [9.17, 15) is 18.7 Å². The van der Waals surface area contributed by atoms with Crippen molar-refractivity contribution in [1.29, 1.82) is 0 Å². The van der Waals surface area contributed by atoms with E-state index in [1.165, 1.54) is 4.90 Å². The van der Waals surface area contributed by atoms with E-state index in [4.69, 9.17) is 11.5 Å². The van der Waals surface area contributed by atoms with Crippen LogP contribution < -0.4 is 16.4 Å². The minimum absolute atomic E-state index is 0.0562. The van der Waals surface area contributed by atoms with Crippen LogP contribution in [0.25, 0.3) is 0 Å². The van der Waals surface area contributed by atoms with Crippen molar-refractivity contribution < 1.29 is 18.7 Å². The molecule has 1 saturated carbocycles. The number of nitrogens with two attached hydrogens (primary N) is 2. The monoisotopic (exact) mass is 337 g/mol. The van der Waals surface area contributed by atoms with E-state index in [0.717, 1.165) is 31.4 Å². The summed E-state index contributed by atoms with van der Waals surface area (Å²) in [6.07, 6.45) is 3.48. The van der Waals surface area contributed by atoms with Crippen molar-refractivity contribution in [2.45, 2.75) is 37.8 Å². The molecule has 0 bridgehead atoms. The Morgan fingerprint density at radius 2 is 1.79 bits per heavy atom. The van der Waals surface area contributed by atoms with Crippen LogP contribution in [0.15, 0.2) is 22.1 Å². The SMILES string of the molecule is NC1=NC2(CCCCC2)N(c2c(F)ccc(F)c2C(=O)O)C(N)=N1. The first-order valence-corrected chi connectivity index (χ1v) is 7.57. The quantitative estimate of drug-likeness (QED) is 0.760. The minimum Gasteiger partial charge on any atom is -0.478 e. The molecule has 1 spiro atoms. The third-order valence-electron chi connectivity index (χ3n) is 4.37. The fourth-order valence-corrected chi connectivity index (χ4v) is 3.41. The van der Waals surface area contributed by atoms with E-state index < -0.39 is 34.5 Å². The lowest BCUT2D eigenvalue weighted by Crippen LogP contribution is -2.59. The second kappa shape index (κ2) is 5.73. The lowest BCUT2D eigenvalue weighted by atomic mass is 9.87. The summed E-state index contributed by atoms with van der Waals surface area (Å²) >= 11 is 0. The average molecular weight is 337 g/mol. The molecule has 3 rings (SSSR count). The van der Waals surface area contributed by atoms with Gasteiger partial charge in [0.1, 0.15) is 22.9 Å². The van der Waals surface area contributed by atoms with E-state index in [-0.39, 0.29) is 11.9 Å². The number of guanidine groups is 2. The predicted octanol–water partition coefficient (Wildman–Crippen LogP) is 1.77. The molecule has 1 aromatic carbocycles. The van der Waals surface area contributed by atoms with E-state index in [1.807, 2.05) is 0 Å². The van der Waals surface area contributed by atoms with Crippen LogP contribution in [-0.4, -0.2) is 28.7 Å². The number of carboxylic acid groups (broad SMARTS) is 1. The first kappa shape index (κ1) is 16.2. The first-order chi connectivity index (χ1) is 11.4. The molecule has 1 aliphatic heterocycles. The van der Waals surface area contributed by atoms with Crippen molar-refractivity contribution >= 4 is 23.6 Å². The van der Waals surface area contributed by atoms with Gasteiger partial charge in [-0.05, 0) is 37.8 Å². The highest BCUT2D eigenvalue weighted by Crippen LogP contribution is 2.42. The van der Waals surface area contributed by atoms with Gasteiger partial charge >= 0.3 is 5.97 Å². The molecule has 0 radical (unpaired) electrons. The molecule has 0 unspecified atom stereocenters. The highest BCUT2D eigenvalue weighted by atomic mass is 19.1. The molecule has 5 N–H and O–H groups in total. The molecule has 1 fully saturated rings. The number of carbonyl (C=O) groups is 1. The first-order valence-electron chi connectivity index (χ1n) is 7.57. The second-order valence-corrected chi connectivity index (χ2v) is 5.88. The summed E-state index contributed by atoms with van der Waals surface area (Å²) in [5.74, 6) is -3.81. The van der Waals surface area contributed by atoms with Crippen molar-refractivity contribution in [2.24, 2.45) is 21.5 Å². The van der Waals surface area contributed by atoms with Crippen LogP contribution in [0.4, 0.5) is 14.5 Å². The van der Waals surface area contributed by atoms with Gasteiger partial charge in [-0.25, -0.2) is 18.6 Å². The molecular weight excluding hydrogens is 320 g/mol. The van der Waals surface area contributed by atoms with Gasteiger partial charge in [-0.1, -0.05) is 6.42 Å². The Bertz CT molecular complexity index is 756. The van der Waals surface area contributed by atoms with Gasteiger partial charge in [-0.3, -0.25) is 4.90 Å². The van der Waals surface area contributed by atoms with Gasteiger partial charge in [0.05, 0.1) is 5.69 Å². The van der Waals surface area contributed by atoms with Gasteiger partial charge in [-0.2, -0.15) is 4.99 Å². The molecule has 1 heterocycles. The standard InChI is InChI=1S/C15H17F2N5O2/c16-8-4-5-9(17)11(10(8)12(23)24)22-14(19)20-13(18)21-15(22)6-2-1-3-7-15/h4-5H,1-3,6-7H2,(H,23,24)(H4,18,19,20,21). The van der Waals surface area contributed by atoms with Gasteiger partial charge in [0.25, 0.3) is 0 Å². The number of hydrogen-bond donors (Lipinski definition) is 3. The fourth-order valence-electron chi connectivity index (χ4n) is 3.41. The highest BCUT2D eigenvalue weighted by molar-refractivity contribution is 6.09. The summed E-state index contributed by atoms with van der Waals surface area (Å²) in [4.78, 5) is 20.8. The Balaban J connectivity index is 2.25. The summed E-state index contributed by atoms with van der Waals surface area (Å²) in [5, 5.41) is 9.35. The molecule has 1 aromatic rings. The smallest absolute Gasteiger partial charge is 0.340 e. The minimum atomic E-state index is -1.59. The summed E-state index contributed by atoms with van der Waals surface area (Å²) in [7, 11) is 0. The number of halogens is 2. The number of anilines is 1. The highest BCUT2D eigenvalue weighted by Gasteiger charge is 2.45. The molecule has 0 aromatic heterocycles.